The largest absolute Gasteiger partial charge is 0.493 e. The third-order valence-electron chi connectivity index (χ3n) is 5.00. The van der Waals surface area contributed by atoms with Crippen molar-refractivity contribution in [2.75, 3.05) is 27.3 Å². The Morgan fingerprint density at radius 1 is 1.31 bits per heavy atom. The van der Waals surface area contributed by atoms with E-state index in [9.17, 15) is 4.79 Å². The van der Waals surface area contributed by atoms with Crippen molar-refractivity contribution in [3.8, 4) is 22.1 Å². The molecule has 0 bridgehead atoms. The minimum Gasteiger partial charge on any atom is -0.493 e. The summed E-state index contributed by atoms with van der Waals surface area (Å²) in [5, 5.41) is 0.829. The molecule has 140 valence electrons. The van der Waals surface area contributed by atoms with Crippen molar-refractivity contribution < 1.29 is 14.3 Å². The monoisotopic (exact) mass is 374 g/mol. The van der Waals surface area contributed by atoms with Crippen LogP contribution >= 0.6 is 11.3 Å². The number of nitrogens with zero attached hydrogens (tertiary/aromatic N) is 2. The van der Waals surface area contributed by atoms with Crippen LogP contribution in [0.25, 0.3) is 10.6 Å². The summed E-state index contributed by atoms with van der Waals surface area (Å²) in [6.07, 6.45) is 3.44. The Kier molecular flexibility index (Phi) is 5.81. The van der Waals surface area contributed by atoms with Crippen molar-refractivity contribution in [3.05, 3.63) is 28.8 Å². The average Bonchev–Trinajstić information content (AvgIpc) is 3.08. The van der Waals surface area contributed by atoms with E-state index in [1.807, 2.05) is 30.0 Å². The minimum absolute atomic E-state index is 0.116. The molecular weight excluding hydrogens is 348 g/mol. The molecule has 26 heavy (non-hydrogen) atoms. The third kappa shape index (κ3) is 3.70. The highest BCUT2D eigenvalue weighted by Gasteiger charge is 2.26. The van der Waals surface area contributed by atoms with Crippen LogP contribution in [0, 0.1) is 12.8 Å². The zero-order valence-electron chi connectivity index (χ0n) is 15.9. The highest BCUT2D eigenvalue weighted by atomic mass is 32.1. The first kappa shape index (κ1) is 18.7. The molecule has 2 heterocycles. The fourth-order valence-electron chi connectivity index (χ4n) is 3.41. The quantitative estimate of drug-likeness (QED) is 0.778. The van der Waals surface area contributed by atoms with Crippen molar-refractivity contribution in [1.82, 2.24) is 9.88 Å². The fraction of sp³-hybridized carbons (Fsp3) is 0.500. The summed E-state index contributed by atoms with van der Waals surface area (Å²) in [4.78, 5) is 20.4. The molecule has 1 fully saturated rings. The first-order chi connectivity index (χ1) is 12.6. The Morgan fingerprint density at radius 3 is 2.77 bits per heavy atom. The van der Waals surface area contributed by atoms with E-state index < -0.39 is 0 Å². The molecule has 0 aliphatic carbocycles. The van der Waals surface area contributed by atoms with Crippen molar-refractivity contribution >= 4 is 17.2 Å². The second-order valence-electron chi connectivity index (χ2n) is 6.67. The maximum absolute atomic E-state index is 13.0. The smallest absolute Gasteiger partial charge is 0.265 e. The van der Waals surface area contributed by atoms with Crippen LogP contribution < -0.4 is 9.47 Å². The lowest BCUT2D eigenvalue weighted by molar-refractivity contribution is 0.0675. The Labute approximate surface area is 159 Å². The second-order valence-corrected chi connectivity index (χ2v) is 7.67. The number of hydrogen-bond donors (Lipinski definition) is 0. The number of benzene rings is 1. The van der Waals surface area contributed by atoms with E-state index in [1.165, 1.54) is 17.8 Å². The number of amides is 1. The lowest BCUT2D eigenvalue weighted by atomic mass is 9.95. The molecule has 0 saturated carbocycles. The zero-order chi connectivity index (χ0) is 18.7. The van der Waals surface area contributed by atoms with Gasteiger partial charge in [0.1, 0.15) is 9.88 Å². The predicted octanol–water partition coefficient (Wildman–Crippen LogP) is 4.40. The second kappa shape index (κ2) is 8.08. The van der Waals surface area contributed by atoms with Crippen molar-refractivity contribution in [1.29, 1.82) is 0 Å². The number of rotatable bonds is 5. The van der Waals surface area contributed by atoms with Gasteiger partial charge in [0.25, 0.3) is 5.91 Å². The summed E-state index contributed by atoms with van der Waals surface area (Å²) < 4.78 is 10.7. The number of ether oxygens (including phenoxy) is 2. The Hall–Kier alpha value is -2.08. The lowest BCUT2D eigenvalue weighted by Crippen LogP contribution is -2.39. The molecule has 6 heteroatoms. The van der Waals surface area contributed by atoms with E-state index in [2.05, 4.69) is 11.9 Å². The van der Waals surface area contributed by atoms with Gasteiger partial charge in [-0.05, 0) is 43.9 Å². The van der Waals surface area contributed by atoms with Gasteiger partial charge >= 0.3 is 0 Å². The van der Waals surface area contributed by atoms with Crippen LogP contribution in [0.4, 0.5) is 0 Å². The minimum atomic E-state index is 0.116. The van der Waals surface area contributed by atoms with Crippen LogP contribution in [0.5, 0.6) is 11.5 Å². The van der Waals surface area contributed by atoms with Crippen LogP contribution in [0.15, 0.2) is 18.2 Å². The van der Waals surface area contributed by atoms with Gasteiger partial charge in [-0.25, -0.2) is 4.98 Å². The molecule has 2 aromatic rings. The van der Waals surface area contributed by atoms with Crippen LogP contribution in [0.2, 0.25) is 0 Å². The molecule has 1 aromatic carbocycles. The van der Waals surface area contributed by atoms with Crippen LogP contribution in [0.3, 0.4) is 0 Å². The molecule has 1 unspecified atom stereocenters. The first-order valence-corrected chi connectivity index (χ1v) is 9.88. The van der Waals surface area contributed by atoms with Crippen LogP contribution in [0.1, 0.15) is 41.6 Å². The maximum atomic E-state index is 13.0. The molecule has 1 saturated heterocycles. The summed E-state index contributed by atoms with van der Waals surface area (Å²) in [5.41, 5.74) is 1.73. The van der Waals surface area contributed by atoms with Crippen LogP contribution in [-0.2, 0) is 0 Å². The summed E-state index contributed by atoms with van der Waals surface area (Å²) in [6.45, 7) is 5.82. The van der Waals surface area contributed by atoms with E-state index >= 15 is 0 Å². The Balaban J connectivity index is 1.86. The number of carbonyl (C=O) groups excluding carboxylic acids is 1. The fourth-order valence-corrected chi connectivity index (χ4v) is 4.44. The lowest BCUT2D eigenvalue weighted by Gasteiger charge is -2.32. The Bertz CT molecular complexity index is 787. The van der Waals surface area contributed by atoms with Gasteiger partial charge < -0.3 is 14.4 Å². The number of hydrogen-bond acceptors (Lipinski definition) is 5. The predicted molar refractivity (Wildman–Crippen MR) is 104 cm³/mol. The maximum Gasteiger partial charge on any atom is 0.265 e. The van der Waals surface area contributed by atoms with Gasteiger partial charge in [0.2, 0.25) is 0 Å². The highest BCUT2D eigenvalue weighted by Crippen LogP contribution is 2.35. The molecule has 1 aliphatic rings. The summed E-state index contributed by atoms with van der Waals surface area (Å²) in [5.74, 6) is 2.07. The average molecular weight is 375 g/mol. The third-order valence-corrected chi connectivity index (χ3v) is 6.20. The first-order valence-electron chi connectivity index (χ1n) is 9.06. The van der Waals surface area contributed by atoms with Crippen molar-refractivity contribution in [3.63, 3.8) is 0 Å². The van der Waals surface area contributed by atoms with Gasteiger partial charge in [-0.2, -0.15) is 0 Å². The molecule has 0 N–H and O–H groups in total. The number of aromatic nitrogens is 1. The normalized spacial score (nSPS) is 17.2. The van der Waals surface area contributed by atoms with Crippen molar-refractivity contribution in [2.45, 2.75) is 33.1 Å². The zero-order valence-corrected chi connectivity index (χ0v) is 16.7. The van der Waals surface area contributed by atoms with Gasteiger partial charge in [-0.3, -0.25) is 4.79 Å². The summed E-state index contributed by atoms with van der Waals surface area (Å²) >= 11 is 1.46. The Morgan fingerprint density at radius 2 is 2.08 bits per heavy atom. The highest BCUT2D eigenvalue weighted by molar-refractivity contribution is 7.17. The van der Waals surface area contributed by atoms with Gasteiger partial charge in [0.15, 0.2) is 11.5 Å². The molecule has 5 nitrogen and oxygen atoms in total. The summed E-state index contributed by atoms with van der Waals surface area (Å²) in [6, 6.07) is 5.71. The topological polar surface area (TPSA) is 51.7 Å². The molecule has 1 aliphatic heterocycles. The molecule has 0 spiro atoms. The SMILES string of the molecule is CCC1CCCN(C(=O)c2sc(-c3ccc(OC)c(OC)c3)nc2C)C1. The molecule has 1 aromatic heterocycles. The number of methoxy groups -OCH3 is 2. The van der Waals surface area contributed by atoms with E-state index in [0.29, 0.717) is 17.4 Å². The summed E-state index contributed by atoms with van der Waals surface area (Å²) in [7, 11) is 3.23. The number of thiazole rings is 1. The van der Waals surface area contributed by atoms with E-state index in [4.69, 9.17) is 9.47 Å². The molecule has 0 radical (unpaired) electrons. The van der Waals surface area contributed by atoms with E-state index in [1.54, 1.807) is 14.2 Å². The number of likely N-dealkylation sites (tertiary alicyclic amines) is 1. The molecular formula is C20H26N2O3S. The molecule has 3 rings (SSSR count). The van der Waals surface area contributed by atoms with E-state index in [0.717, 1.165) is 47.1 Å². The standard InChI is InChI=1S/C20H26N2O3S/c1-5-14-7-6-10-22(12-14)20(23)18-13(2)21-19(26-18)15-8-9-16(24-3)17(11-15)25-4/h8-9,11,14H,5-7,10,12H2,1-4H3. The molecule has 1 amide bonds. The van der Waals surface area contributed by atoms with Gasteiger partial charge in [-0.1, -0.05) is 13.3 Å². The number of piperidine rings is 1. The van der Waals surface area contributed by atoms with Crippen LogP contribution in [-0.4, -0.2) is 43.1 Å². The van der Waals surface area contributed by atoms with Crippen molar-refractivity contribution in [2.24, 2.45) is 5.92 Å². The van der Waals surface area contributed by atoms with Gasteiger partial charge in [-0.15, -0.1) is 11.3 Å². The van der Waals surface area contributed by atoms with E-state index in [-0.39, 0.29) is 5.91 Å². The number of carbonyl (C=O) groups is 1. The van der Waals surface area contributed by atoms with Gasteiger partial charge in [0.05, 0.1) is 19.9 Å². The number of aryl methyl sites for hydroxylation is 1. The molecule has 1 atom stereocenters. The van der Waals surface area contributed by atoms with Gasteiger partial charge in [0, 0.05) is 18.7 Å².